The smallest absolute Gasteiger partial charge is 0.155 e. The van der Waals surface area contributed by atoms with Gasteiger partial charge in [-0.1, -0.05) is 6.92 Å². The topological polar surface area (TPSA) is 25.0 Å². The van der Waals surface area contributed by atoms with Crippen LogP contribution in [-0.4, -0.2) is 10.7 Å². The van der Waals surface area contributed by atoms with Crippen LogP contribution in [0.3, 0.4) is 0 Å². The number of H-pyrrole nitrogens is 1. The Morgan fingerprint density at radius 3 is 2.62 bits per heavy atom. The molecule has 0 aliphatic carbocycles. The van der Waals surface area contributed by atoms with Crippen LogP contribution in [0.4, 0.5) is 4.39 Å². The number of benzene rings is 2. The van der Waals surface area contributed by atoms with Gasteiger partial charge in [0.15, 0.2) is 5.75 Å². The fourth-order valence-electron chi connectivity index (χ4n) is 2.29. The van der Waals surface area contributed by atoms with Gasteiger partial charge in [-0.25, -0.2) is 4.39 Å². The Morgan fingerprint density at radius 2 is 1.90 bits per heavy atom. The molecule has 0 saturated carbocycles. The first-order valence-electron chi connectivity index (χ1n) is 6.86. The number of aromatic nitrogens is 1. The largest absolute Gasteiger partial charge is 0.455 e. The Balaban J connectivity index is 1.93. The molecule has 0 bridgehead atoms. The summed E-state index contributed by atoms with van der Waals surface area (Å²) in [5, 5.41) is 0.763. The van der Waals surface area contributed by atoms with Crippen molar-refractivity contribution >= 4 is 22.7 Å². The zero-order chi connectivity index (χ0) is 14.8. The van der Waals surface area contributed by atoms with E-state index in [0.29, 0.717) is 5.75 Å². The van der Waals surface area contributed by atoms with Crippen LogP contribution in [0.25, 0.3) is 10.9 Å². The molecular weight excluding hydrogens is 285 g/mol. The molecule has 1 heterocycles. The van der Waals surface area contributed by atoms with Gasteiger partial charge < -0.3 is 9.72 Å². The Hall–Kier alpha value is -1.94. The van der Waals surface area contributed by atoms with Crippen LogP contribution in [0.5, 0.6) is 11.5 Å². The van der Waals surface area contributed by atoms with Crippen molar-refractivity contribution in [2.75, 3.05) is 5.75 Å². The number of nitrogens with one attached hydrogen (secondary N) is 1. The summed E-state index contributed by atoms with van der Waals surface area (Å²) in [4.78, 5) is 4.42. The lowest BCUT2D eigenvalue weighted by Crippen LogP contribution is -1.85. The van der Waals surface area contributed by atoms with Crippen LogP contribution in [0.2, 0.25) is 0 Å². The van der Waals surface area contributed by atoms with Gasteiger partial charge in [-0.15, -0.1) is 11.8 Å². The third kappa shape index (κ3) is 2.90. The fourth-order valence-corrected chi connectivity index (χ4v) is 2.96. The lowest BCUT2D eigenvalue weighted by molar-refractivity contribution is 0.483. The number of rotatable bonds is 4. The van der Waals surface area contributed by atoms with Crippen molar-refractivity contribution in [3.8, 4) is 11.5 Å². The second kappa shape index (κ2) is 5.82. The van der Waals surface area contributed by atoms with Crippen LogP contribution >= 0.6 is 11.8 Å². The molecule has 4 heteroatoms. The van der Waals surface area contributed by atoms with Crippen molar-refractivity contribution in [3.05, 3.63) is 54.0 Å². The van der Waals surface area contributed by atoms with Gasteiger partial charge >= 0.3 is 0 Å². The molecule has 0 aliphatic heterocycles. The molecule has 3 aromatic rings. The lowest BCUT2D eigenvalue weighted by Gasteiger charge is -2.07. The molecule has 1 aromatic heterocycles. The van der Waals surface area contributed by atoms with Gasteiger partial charge in [0.05, 0.1) is 5.69 Å². The van der Waals surface area contributed by atoms with Gasteiger partial charge in [-0.2, -0.15) is 0 Å². The summed E-state index contributed by atoms with van der Waals surface area (Å²) in [6, 6.07) is 12.6. The van der Waals surface area contributed by atoms with Crippen molar-refractivity contribution in [2.24, 2.45) is 0 Å². The monoisotopic (exact) mass is 301 g/mol. The van der Waals surface area contributed by atoms with Crippen molar-refractivity contribution in [2.45, 2.75) is 18.7 Å². The Kier molecular flexibility index (Phi) is 3.88. The average Bonchev–Trinajstić information content (AvgIpc) is 2.77. The van der Waals surface area contributed by atoms with Crippen LogP contribution in [-0.2, 0) is 0 Å². The van der Waals surface area contributed by atoms with E-state index < -0.39 is 0 Å². The van der Waals surface area contributed by atoms with Crippen LogP contribution in [0.15, 0.2) is 47.4 Å². The minimum absolute atomic E-state index is 0.263. The number of thioether (sulfide) groups is 1. The molecule has 0 saturated heterocycles. The number of halogens is 1. The zero-order valence-corrected chi connectivity index (χ0v) is 12.8. The first-order valence-corrected chi connectivity index (χ1v) is 7.84. The third-order valence-electron chi connectivity index (χ3n) is 3.24. The maximum absolute atomic E-state index is 13.4. The van der Waals surface area contributed by atoms with Crippen LogP contribution < -0.4 is 4.74 Å². The van der Waals surface area contributed by atoms with E-state index in [2.05, 4.69) is 11.9 Å². The predicted octanol–water partition coefficient (Wildman–Crippen LogP) is 5.52. The van der Waals surface area contributed by atoms with Gasteiger partial charge in [0.2, 0.25) is 0 Å². The molecule has 2 aromatic carbocycles. The van der Waals surface area contributed by atoms with Gasteiger partial charge in [-0.3, -0.25) is 0 Å². The summed E-state index contributed by atoms with van der Waals surface area (Å²) in [6.45, 7) is 4.05. The molecule has 0 fully saturated rings. The molecule has 0 aliphatic rings. The number of ether oxygens (including phenoxy) is 1. The summed E-state index contributed by atoms with van der Waals surface area (Å²) in [7, 11) is 0. The van der Waals surface area contributed by atoms with E-state index in [-0.39, 0.29) is 5.82 Å². The number of hydrogen-bond donors (Lipinski definition) is 1. The van der Waals surface area contributed by atoms with E-state index in [1.807, 2.05) is 31.2 Å². The van der Waals surface area contributed by atoms with E-state index in [4.69, 9.17) is 4.74 Å². The highest BCUT2D eigenvalue weighted by Crippen LogP contribution is 2.34. The first kappa shape index (κ1) is 14.0. The number of aryl methyl sites for hydroxylation is 1. The third-order valence-corrected chi connectivity index (χ3v) is 4.14. The fraction of sp³-hybridized carbons (Fsp3) is 0.176. The van der Waals surface area contributed by atoms with E-state index in [0.717, 1.165) is 28.1 Å². The predicted molar refractivity (Wildman–Crippen MR) is 85.9 cm³/mol. The summed E-state index contributed by atoms with van der Waals surface area (Å²) in [5.41, 5.74) is 1.77. The summed E-state index contributed by atoms with van der Waals surface area (Å²) in [6.07, 6.45) is 0. The van der Waals surface area contributed by atoms with Gasteiger partial charge in [0, 0.05) is 15.8 Å². The molecule has 3 rings (SSSR count). The van der Waals surface area contributed by atoms with Crippen molar-refractivity contribution in [3.63, 3.8) is 0 Å². The standard InChI is InChI=1S/C17H16FNOS/c1-3-21-14-7-5-13(6-8-14)20-17-11(2)19-16-9-4-12(18)10-15(16)17/h4-10,19H,3H2,1-2H3. The summed E-state index contributed by atoms with van der Waals surface area (Å²) >= 11 is 1.79. The normalized spacial score (nSPS) is 11.0. The molecule has 0 amide bonds. The van der Waals surface area contributed by atoms with E-state index in [1.165, 1.54) is 17.0 Å². The average molecular weight is 301 g/mol. The molecule has 21 heavy (non-hydrogen) atoms. The van der Waals surface area contributed by atoms with E-state index >= 15 is 0 Å². The molecule has 0 radical (unpaired) electrons. The maximum atomic E-state index is 13.4. The second-order valence-corrected chi connectivity index (χ2v) is 6.11. The molecule has 0 unspecified atom stereocenters. The molecule has 1 N–H and O–H groups in total. The highest BCUT2D eigenvalue weighted by Gasteiger charge is 2.11. The van der Waals surface area contributed by atoms with E-state index in [1.54, 1.807) is 17.8 Å². The zero-order valence-electron chi connectivity index (χ0n) is 11.9. The Labute approximate surface area is 127 Å². The number of aromatic amines is 1. The molecular formula is C17H16FNOS. The quantitative estimate of drug-likeness (QED) is 0.642. The van der Waals surface area contributed by atoms with Gasteiger partial charge in [0.25, 0.3) is 0 Å². The minimum atomic E-state index is -0.263. The second-order valence-electron chi connectivity index (χ2n) is 4.78. The lowest BCUT2D eigenvalue weighted by atomic mass is 10.2. The van der Waals surface area contributed by atoms with Crippen LogP contribution in [0.1, 0.15) is 12.6 Å². The number of hydrogen-bond acceptors (Lipinski definition) is 2. The summed E-state index contributed by atoms with van der Waals surface area (Å²) in [5.74, 6) is 2.21. The van der Waals surface area contributed by atoms with Crippen molar-refractivity contribution in [1.82, 2.24) is 4.98 Å². The summed E-state index contributed by atoms with van der Waals surface area (Å²) < 4.78 is 19.4. The van der Waals surface area contributed by atoms with Gasteiger partial charge in [0.1, 0.15) is 11.6 Å². The van der Waals surface area contributed by atoms with E-state index in [9.17, 15) is 4.39 Å². The van der Waals surface area contributed by atoms with Gasteiger partial charge in [-0.05, 0) is 55.1 Å². The first-order chi connectivity index (χ1) is 10.2. The Morgan fingerprint density at radius 1 is 1.14 bits per heavy atom. The molecule has 0 atom stereocenters. The Bertz CT molecular complexity index is 764. The number of fused-ring (bicyclic) bond motifs is 1. The highest BCUT2D eigenvalue weighted by molar-refractivity contribution is 7.99. The van der Waals surface area contributed by atoms with Crippen LogP contribution in [0, 0.1) is 12.7 Å². The molecule has 0 spiro atoms. The minimum Gasteiger partial charge on any atom is -0.455 e. The van der Waals surface area contributed by atoms with Crippen molar-refractivity contribution < 1.29 is 9.13 Å². The molecule has 2 nitrogen and oxygen atoms in total. The van der Waals surface area contributed by atoms with Crippen molar-refractivity contribution in [1.29, 1.82) is 0 Å². The maximum Gasteiger partial charge on any atom is 0.155 e. The molecule has 108 valence electrons. The SMILES string of the molecule is CCSc1ccc(Oc2c(C)[nH]c3ccc(F)cc23)cc1. The highest BCUT2D eigenvalue weighted by atomic mass is 32.2.